The summed E-state index contributed by atoms with van der Waals surface area (Å²) < 4.78 is 26.0. The summed E-state index contributed by atoms with van der Waals surface area (Å²) in [6, 6.07) is 5.95. The largest absolute Gasteiger partial charge is 0.318 e. The summed E-state index contributed by atoms with van der Waals surface area (Å²) in [5, 5.41) is 11.5. The number of nitrogens with zero attached hydrogens (tertiary/aromatic N) is 1. The molecule has 18 heavy (non-hydrogen) atoms. The molecule has 0 aliphatic heterocycles. The molecule has 0 aliphatic carbocycles. The summed E-state index contributed by atoms with van der Waals surface area (Å²) in [6.45, 7) is 0.794. The molecule has 100 valence electrons. The molecule has 8 heteroatoms. The summed E-state index contributed by atoms with van der Waals surface area (Å²) in [5.41, 5.74) is 0.323. The highest BCUT2D eigenvalue weighted by Crippen LogP contribution is 2.22. The first kappa shape index (κ1) is 17.2. The number of nitriles is 1. The normalized spacial score (nSPS) is 10.5. The predicted octanol–water partition coefficient (Wildman–Crippen LogP) is 1.13. The van der Waals surface area contributed by atoms with Gasteiger partial charge in [-0.25, -0.2) is 13.1 Å². The number of hydrogen-bond donors (Lipinski definition) is 2. The Hall–Kier alpha value is -0.840. The number of nitrogens with one attached hydrogen (secondary N) is 2. The average Bonchev–Trinajstić information content (AvgIpc) is 2.28. The van der Waals surface area contributed by atoms with Crippen LogP contribution < -0.4 is 10.0 Å². The van der Waals surface area contributed by atoms with Gasteiger partial charge in [-0.15, -0.1) is 12.4 Å². The Kier molecular flexibility index (Phi) is 7.21. The van der Waals surface area contributed by atoms with Crippen LogP contribution >= 0.6 is 24.0 Å². The van der Waals surface area contributed by atoms with Crippen LogP contribution in [0.1, 0.15) is 5.56 Å². The Morgan fingerprint density at radius 3 is 2.56 bits per heavy atom. The summed E-state index contributed by atoms with van der Waals surface area (Å²) >= 11 is 5.82. The van der Waals surface area contributed by atoms with Crippen molar-refractivity contribution >= 4 is 34.0 Å². The van der Waals surface area contributed by atoms with Crippen molar-refractivity contribution in [3.63, 3.8) is 0 Å². The third kappa shape index (κ3) is 4.44. The first-order valence-electron chi connectivity index (χ1n) is 4.85. The van der Waals surface area contributed by atoms with Gasteiger partial charge in [0.25, 0.3) is 0 Å². The molecule has 0 saturated heterocycles. The summed E-state index contributed by atoms with van der Waals surface area (Å²) in [4.78, 5) is -0.0192. The van der Waals surface area contributed by atoms with Crippen LogP contribution in [0.5, 0.6) is 0 Å². The molecule has 0 aliphatic rings. The van der Waals surface area contributed by atoms with Crippen molar-refractivity contribution in [2.24, 2.45) is 0 Å². The highest BCUT2D eigenvalue weighted by Gasteiger charge is 2.17. The van der Waals surface area contributed by atoms with E-state index in [0.29, 0.717) is 12.1 Å². The lowest BCUT2D eigenvalue weighted by Gasteiger charge is -2.08. The van der Waals surface area contributed by atoms with Gasteiger partial charge in [-0.2, -0.15) is 5.26 Å². The highest BCUT2D eigenvalue weighted by atomic mass is 35.5. The van der Waals surface area contributed by atoms with Gasteiger partial charge in [0.1, 0.15) is 4.90 Å². The van der Waals surface area contributed by atoms with Crippen molar-refractivity contribution in [3.05, 3.63) is 28.8 Å². The fraction of sp³-hybridized carbons (Fsp3) is 0.300. The van der Waals surface area contributed by atoms with E-state index in [0.717, 1.165) is 0 Å². The van der Waals surface area contributed by atoms with E-state index in [1.807, 2.05) is 6.07 Å². The van der Waals surface area contributed by atoms with Crippen LogP contribution in [-0.2, 0) is 10.0 Å². The van der Waals surface area contributed by atoms with Crippen molar-refractivity contribution in [3.8, 4) is 6.07 Å². The Morgan fingerprint density at radius 2 is 2.06 bits per heavy atom. The zero-order valence-corrected chi connectivity index (χ0v) is 12.0. The molecule has 0 saturated carbocycles. The molecule has 0 atom stereocenters. The molecule has 1 aromatic rings. The lowest BCUT2D eigenvalue weighted by Crippen LogP contribution is -2.30. The Balaban J connectivity index is 0.00000289. The molecule has 0 heterocycles. The average molecular weight is 310 g/mol. The lowest BCUT2D eigenvalue weighted by atomic mass is 10.2. The van der Waals surface area contributed by atoms with Gasteiger partial charge < -0.3 is 5.32 Å². The van der Waals surface area contributed by atoms with E-state index in [-0.39, 0.29) is 28.9 Å². The van der Waals surface area contributed by atoms with E-state index >= 15 is 0 Å². The van der Waals surface area contributed by atoms with Gasteiger partial charge >= 0.3 is 0 Å². The maximum absolute atomic E-state index is 11.8. The van der Waals surface area contributed by atoms with Crippen LogP contribution in [0.25, 0.3) is 0 Å². The number of halogens is 2. The van der Waals surface area contributed by atoms with E-state index in [2.05, 4.69) is 10.0 Å². The Labute approximate surface area is 118 Å². The molecule has 0 fully saturated rings. The van der Waals surface area contributed by atoms with E-state index < -0.39 is 10.0 Å². The zero-order chi connectivity index (χ0) is 12.9. The second-order valence-electron chi connectivity index (χ2n) is 3.26. The van der Waals surface area contributed by atoms with Gasteiger partial charge in [0.2, 0.25) is 10.0 Å². The lowest BCUT2D eigenvalue weighted by molar-refractivity contribution is 0.579. The van der Waals surface area contributed by atoms with Crippen molar-refractivity contribution < 1.29 is 8.42 Å². The molecular formula is C10H13Cl2N3O2S. The predicted molar refractivity (Wildman–Crippen MR) is 72.5 cm³/mol. The first-order chi connectivity index (χ1) is 8.01. The van der Waals surface area contributed by atoms with Gasteiger partial charge in [-0.1, -0.05) is 11.6 Å². The number of hydrogen-bond acceptors (Lipinski definition) is 4. The van der Waals surface area contributed by atoms with Crippen molar-refractivity contribution in [1.29, 1.82) is 5.26 Å². The fourth-order valence-electron chi connectivity index (χ4n) is 1.18. The van der Waals surface area contributed by atoms with E-state index in [9.17, 15) is 8.42 Å². The van der Waals surface area contributed by atoms with Crippen LogP contribution in [0.3, 0.4) is 0 Å². The third-order valence-corrected chi connectivity index (χ3v) is 3.96. The minimum atomic E-state index is -3.62. The van der Waals surface area contributed by atoms with E-state index in [1.165, 1.54) is 18.2 Å². The first-order valence-corrected chi connectivity index (χ1v) is 6.71. The smallest absolute Gasteiger partial charge is 0.242 e. The fourth-order valence-corrected chi connectivity index (χ4v) is 2.75. The Bertz CT molecular complexity index is 541. The second-order valence-corrected chi connectivity index (χ2v) is 5.40. The molecule has 0 aromatic heterocycles. The molecular weight excluding hydrogens is 297 g/mol. The minimum Gasteiger partial charge on any atom is -0.318 e. The SMILES string of the molecule is CNCCNS(=O)(=O)c1ccc(C#N)cc1Cl.Cl. The van der Waals surface area contributed by atoms with Gasteiger partial charge in [-0.3, -0.25) is 0 Å². The van der Waals surface area contributed by atoms with E-state index in [4.69, 9.17) is 16.9 Å². The van der Waals surface area contributed by atoms with Crippen LogP contribution in [0.2, 0.25) is 5.02 Å². The minimum absolute atomic E-state index is 0. The second kappa shape index (κ2) is 7.56. The molecule has 0 amide bonds. The standard InChI is InChI=1S/C10H12ClN3O2S.ClH/c1-13-4-5-14-17(15,16)10-3-2-8(7-12)6-9(10)11;/h2-3,6,13-14H,4-5H2,1H3;1H. The summed E-state index contributed by atoms with van der Waals surface area (Å²) in [7, 11) is -1.89. The van der Waals surface area contributed by atoms with Crippen LogP contribution in [0.4, 0.5) is 0 Å². The summed E-state index contributed by atoms with van der Waals surface area (Å²) in [6.07, 6.45) is 0. The highest BCUT2D eigenvalue weighted by molar-refractivity contribution is 7.89. The molecule has 1 aromatic carbocycles. The van der Waals surface area contributed by atoms with Gasteiger partial charge in [0.05, 0.1) is 16.7 Å². The molecule has 0 bridgehead atoms. The van der Waals surface area contributed by atoms with Crippen LogP contribution in [0, 0.1) is 11.3 Å². The van der Waals surface area contributed by atoms with Crippen LogP contribution in [-0.4, -0.2) is 28.6 Å². The number of likely N-dealkylation sites (N-methyl/N-ethyl adjacent to an activating group) is 1. The van der Waals surface area contributed by atoms with Gasteiger partial charge in [0.15, 0.2) is 0 Å². The number of benzene rings is 1. The molecule has 0 spiro atoms. The Morgan fingerprint density at radius 1 is 1.39 bits per heavy atom. The monoisotopic (exact) mass is 309 g/mol. The number of sulfonamides is 1. The van der Waals surface area contributed by atoms with Crippen LogP contribution in [0.15, 0.2) is 23.1 Å². The van der Waals surface area contributed by atoms with Gasteiger partial charge in [-0.05, 0) is 25.2 Å². The van der Waals surface area contributed by atoms with E-state index in [1.54, 1.807) is 7.05 Å². The van der Waals surface area contributed by atoms with Crippen molar-refractivity contribution in [1.82, 2.24) is 10.0 Å². The maximum atomic E-state index is 11.8. The zero-order valence-electron chi connectivity index (χ0n) is 9.60. The molecule has 0 radical (unpaired) electrons. The topological polar surface area (TPSA) is 82.0 Å². The molecule has 5 nitrogen and oxygen atoms in total. The van der Waals surface area contributed by atoms with Crippen molar-refractivity contribution in [2.45, 2.75) is 4.90 Å². The van der Waals surface area contributed by atoms with Gasteiger partial charge in [0, 0.05) is 13.1 Å². The molecule has 0 unspecified atom stereocenters. The quantitative estimate of drug-likeness (QED) is 0.799. The summed E-state index contributed by atoms with van der Waals surface area (Å²) in [5.74, 6) is 0. The van der Waals surface area contributed by atoms with Crippen molar-refractivity contribution in [2.75, 3.05) is 20.1 Å². The number of rotatable bonds is 5. The molecule has 1 rings (SSSR count). The maximum Gasteiger partial charge on any atom is 0.242 e. The third-order valence-electron chi connectivity index (χ3n) is 2.02. The molecule has 2 N–H and O–H groups in total.